The summed E-state index contributed by atoms with van der Waals surface area (Å²) in [5.41, 5.74) is 1.00. The second kappa shape index (κ2) is 3.51. The van der Waals surface area contributed by atoms with Crippen molar-refractivity contribution in [1.82, 2.24) is 9.97 Å². The maximum absolute atomic E-state index is 4.15. The predicted molar refractivity (Wildman–Crippen MR) is 45.7 cm³/mol. The highest BCUT2D eigenvalue weighted by Crippen LogP contribution is 1.98. The van der Waals surface area contributed by atoms with Crippen molar-refractivity contribution in [2.24, 2.45) is 0 Å². The number of aromatic nitrogens is 2. The van der Waals surface area contributed by atoms with Gasteiger partial charge in [0.2, 0.25) is 0 Å². The fraction of sp³-hybridized carbons (Fsp3) is 0.500. The number of hydrogen-bond acceptors (Lipinski definition) is 3. The van der Waals surface area contributed by atoms with Gasteiger partial charge in [0.15, 0.2) is 5.95 Å². The zero-order chi connectivity index (χ0) is 7.40. The van der Waals surface area contributed by atoms with Crippen molar-refractivity contribution in [2.45, 2.75) is 6.92 Å². The van der Waals surface area contributed by atoms with E-state index in [1.165, 1.54) is 0 Å². The van der Waals surface area contributed by atoms with E-state index in [1.807, 2.05) is 13.1 Å². The Morgan fingerprint density at radius 1 is 1.80 bits per heavy atom. The van der Waals surface area contributed by atoms with Crippen molar-refractivity contribution in [3.05, 3.63) is 11.9 Å². The minimum absolute atomic E-state index is 0.819. The summed E-state index contributed by atoms with van der Waals surface area (Å²) in [6.07, 6.45) is 1.86. The highest BCUT2D eigenvalue weighted by atomic mass is 32.1. The molecule has 0 aliphatic rings. The van der Waals surface area contributed by atoms with Crippen LogP contribution in [0.5, 0.6) is 0 Å². The van der Waals surface area contributed by atoms with Crippen LogP contribution < -0.4 is 5.32 Å². The monoisotopic (exact) mass is 157 g/mol. The molecule has 4 heteroatoms. The lowest BCUT2D eigenvalue weighted by Gasteiger charge is -1.96. The van der Waals surface area contributed by atoms with Gasteiger partial charge in [-0.2, -0.15) is 12.6 Å². The molecule has 1 aromatic heterocycles. The van der Waals surface area contributed by atoms with Gasteiger partial charge in [-0.3, -0.25) is 0 Å². The molecule has 0 amide bonds. The van der Waals surface area contributed by atoms with Gasteiger partial charge in [0.05, 0.1) is 5.69 Å². The molecule has 0 saturated heterocycles. The average Bonchev–Trinajstić information content (AvgIpc) is 2.31. The largest absolute Gasteiger partial charge is 0.355 e. The molecule has 1 aromatic rings. The minimum atomic E-state index is 0.819. The lowest BCUT2D eigenvalue weighted by Crippen LogP contribution is -2.03. The van der Waals surface area contributed by atoms with E-state index in [0.717, 1.165) is 23.9 Å². The molecule has 0 saturated carbocycles. The molecule has 2 N–H and O–H groups in total. The Bertz CT molecular complexity index is 197. The minimum Gasteiger partial charge on any atom is -0.355 e. The highest BCUT2D eigenvalue weighted by molar-refractivity contribution is 7.80. The second-order valence-corrected chi connectivity index (χ2v) is 2.49. The van der Waals surface area contributed by atoms with Crippen molar-refractivity contribution in [1.29, 1.82) is 0 Å². The van der Waals surface area contributed by atoms with E-state index >= 15 is 0 Å². The Morgan fingerprint density at radius 3 is 3.10 bits per heavy atom. The molecule has 0 aliphatic carbocycles. The lowest BCUT2D eigenvalue weighted by molar-refractivity contribution is 1.14. The molecule has 1 heterocycles. The van der Waals surface area contributed by atoms with Crippen LogP contribution in [0.25, 0.3) is 0 Å². The van der Waals surface area contributed by atoms with Gasteiger partial charge in [0.1, 0.15) is 0 Å². The number of H-pyrrole nitrogens is 1. The zero-order valence-electron chi connectivity index (χ0n) is 5.89. The summed E-state index contributed by atoms with van der Waals surface area (Å²) in [7, 11) is 0. The van der Waals surface area contributed by atoms with Crippen LogP contribution in [0, 0.1) is 6.92 Å². The van der Waals surface area contributed by atoms with Gasteiger partial charge >= 0.3 is 0 Å². The summed E-state index contributed by atoms with van der Waals surface area (Å²) in [5.74, 6) is 1.64. The molecule has 10 heavy (non-hydrogen) atoms. The molecule has 0 fully saturated rings. The molecular weight excluding hydrogens is 146 g/mol. The van der Waals surface area contributed by atoms with Crippen molar-refractivity contribution in [3.63, 3.8) is 0 Å². The van der Waals surface area contributed by atoms with Crippen molar-refractivity contribution >= 4 is 18.6 Å². The first kappa shape index (κ1) is 7.47. The molecule has 0 spiro atoms. The van der Waals surface area contributed by atoms with Gasteiger partial charge in [0.25, 0.3) is 0 Å². The third-order valence-corrected chi connectivity index (χ3v) is 1.33. The second-order valence-electron chi connectivity index (χ2n) is 2.04. The van der Waals surface area contributed by atoms with Crippen LogP contribution >= 0.6 is 12.6 Å². The Morgan fingerprint density at radius 2 is 2.60 bits per heavy atom. The summed E-state index contributed by atoms with van der Waals surface area (Å²) in [6, 6.07) is 0. The Labute approximate surface area is 65.7 Å². The summed E-state index contributed by atoms with van der Waals surface area (Å²) < 4.78 is 0. The molecule has 0 bridgehead atoms. The molecule has 1 rings (SSSR count). The number of rotatable bonds is 3. The number of aromatic amines is 1. The Hall–Kier alpha value is -0.640. The number of aryl methyl sites for hydroxylation is 1. The van der Waals surface area contributed by atoms with Crippen LogP contribution in [-0.2, 0) is 0 Å². The molecule has 0 radical (unpaired) electrons. The first-order chi connectivity index (χ1) is 4.83. The van der Waals surface area contributed by atoms with E-state index in [4.69, 9.17) is 0 Å². The quantitative estimate of drug-likeness (QED) is 0.574. The number of thiol groups is 1. The van der Waals surface area contributed by atoms with Crippen LogP contribution in [-0.4, -0.2) is 22.3 Å². The van der Waals surface area contributed by atoms with Gasteiger partial charge < -0.3 is 10.3 Å². The normalized spacial score (nSPS) is 9.80. The summed E-state index contributed by atoms with van der Waals surface area (Å²) >= 11 is 4.05. The summed E-state index contributed by atoms with van der Waals surface area (Å²) in [6.45, 7) is 2.79. The number of anilines is 1. The number of nitrogens with one attached hydrogen (secondary N) is 2. The molecular formula is C6H11N3S. The first-order valence-corrected chi connectivity index (χ1v) is 3.83. The number of hydrogen-bond donors (Lipinski definition) is 3. The van der Waals surface area contributed by atoms with Crippen LogP contribution in [0.1, 0.15) is 5.69 Å². The maximum Gasteiger partial charge on any atom is 0.200 e. The Balaban J connectivity index is 2.42. The number of nitrogens with zero attached hydrogens (tertiary/aromatic N) is 1. The van der Waals surface area contributed by atoms with Crippen LogP contribution in [0.3, 0.4) is 0 Å². The molecule has 56 valence electrons. The van der Waals surface area contributed by atoms with Gasteiger partial charge in [-0.25, -0.2) is 4.98 Å². The third kappa shape index (κ3) is 1.95. The van der Waals surface area contributed by atoms with E-state index in [1.54, 1.807) is 0 Å². The van der Waals surface area contributed by atoms with E-state index in [9.17, 15) is 0 Å². The molecule has 0 aliphatic heterocycles. The highest BCUT2D eigenvalue weighted by Gasteiger charge is 1.92. The number of imidazole rings is 1. The smallest absolute Gasteiger partial charge is 0.200 e. The van der Waals surface area contributed by atoms with Gasteiger partial charge in [-0.05, 0) is 6.92 Å². The van der Waals surface area contributed by atoms with Gasteiger partial charge in [0, 0.05) is 18.5 Å². The average molecular weight is 157 g/mol. The standard InChI is InChI=1S/C6H11N3S/c1-5-4-8-6(9-5)7-2-3-10/h4,10H,2-3H2,1H3,(H2,7,8,9). The van der Waals surface area contributed by atoms with E-state index in [-0.39, 0.29) is 0 Å². The van der Waals surface area contributed by atoms with E-state index in [2.05, 4.69) is 27.9 Å². The lowest BCUT2D eigenvalue weighted by atomic mass is 10.6. The van der Waals surface area contributed by atoms with E-state index in [0.29, 0.717) is 0 Å². The van der Waals surface area contributed by atoms with Gasteiger partial charge in [-0.1, -0.05) is 0 Å². The fourth-order valence-electron chi connectivity index (χ4n) is 0.679. The first-order valence-electron chi connectivity index (χ1n) is 3.19. The molecule has 3 nitrogen and oxygen atoms in total. The van der Waals surface area contributed by atoms with Crippen LogP contribution in [0.15, 0.2) is 6.20 Å². The van der Waals surface area contributed by atoms with Crippen molar-refractivity contribution < 1.29 is 0 Å². The van der Waals surface area contributed by atoms with Crippen LogP contribution in [0.2, 0.25) is 0 Å². The predicted octanol–water partition coefficient (Wildman–Crippen LogP) is 1.06. The fourth-order valence-corrected chi connectivity index (χ4v) is 0.790. The van der Waals surface area contributed by atoms with Crippen molar-refractivity contribution in [2.75, 3.05) is 17.6 Å². The van der Waals surface area contributed by atoms with Gasteiger partial charge in [-0.15, -0.1) is 0 Å². The van der Waals surface area contributed by atoms with Crippen LogP contribution in [0.4, 0.5) is 5.95 Å². The van der Waals surface area contributed by atoms with Crippen molar-refractivity contribution in [3.8, 4) is 0 Å². The SMILES string of the molecule is Cc1c[nH]c(NCCS)n1. The summed E-state index contributed by atoms with van der Waals surface area (Å²) in [5, 5.41) is 3.07. The Kier molecular flexibility index (Phi) is 2.62. The maximum atomic E-state index is 4.15. The molecule has 0 aromatic carbocycles. The molecule has 0 atom stereocenters. The zero-order valence-corrected chi connectivity index (χ0v) is 6.78. The topological polar surface area (TPSA) is 40.7 Å². The van der Waals surface area contributed by atoms with E-state index < -0.39 is 0 Å². The molecule has 0 unspecified atom stereocenters. The third-order valence-electron chi connectivity index (χ3n) is 1.11. The summed E-state index contributed by atoms with van der Waals surface area (Å²) in [4.78, 5) is 7.13.